The van der Waals surface area contributed by atoms with Crippen molar-refractivity contribution in [1.29, 1.82) is 5.26 Å². The molecular formula is C16H15N3O. The molecule has 0 bridgehead atoms. The van der Waals surface area contributed by atoms with Crippen LogP contribution in [0.4, 0.5) is 0 Å². The van der Waals surface area contributed by atoms with E-state index in [0.29, 0.717) is 11.1 Å². The van der Waals surface area contributed by atoms with Gasteiger partial charge in [-0.3, -0.25) is 9.78 Å². The molecule has 0 aliphatic heterocycles. The number of hydrogen-bond acceptors (Lipinski definition) is 3. The Labute approximate surface area is 118 Å². The molecule has 0 radical (unpaired) electrons. The van der Waals surface area contributed by atoms with Crippen molar-refractivity contribution < 1.29 is 4.79 Å². The van der Waals surface area contributed by atoms with Crippen molar-refractivity contribution in [3.63, 3.8) is 0 Å². The molecule has 1 N–H and O–H groups in total. The number of hydrogen-bond donors (Lipinski definition) is 1. The van der Waals surface area contributed by atoms with Crippen molar-refractivity contribution in [2.24, 2.45) is 0 Å². The number of nitrogens with zero attached hydrogens (tertiary/aromatic N) is 2. The summed E-state index contributed by atoms with van der Waals surface area (Å²) in [5, 5.41) is 11.8. The number of carbonyl (C=O) groups excluding carboxylic acids is 1. The van der Waals surface area contributed by atoms with Crippen molar-refractivity contribution in [2.45, 2.75) is 19.4 Å². The zero-order valence-electron chi connectivity index (χ0n) is 11.4. The van der Waals surface area contributed by atoms with E-state index in [1.165, 1.54) is 0 Å². The molecule has 1 heterocycles. The molecule has 0 unspecified atom stereocenters. The molecule has 2 rings (SSSR count). The fourth-order valence-electron chi connectivity index (χ4n) is 1.93. The first kappa shape index (κ1) is 13.8. The Morgan fingerprint density at radius 2 is 1.95 bits per heavy atom. The van der Waals surface area contributed by atoms with Crippen molar-refractivity contribution in [3.05, 3.63) is 65.5 Å². The first-order valence-electron chi connectivity index (χ1n) is 6.26. The van der Waals surface area contributed by atoms with Crippen LogP contribution in [0, 0.1) is 11.3 Å². The van der Waals surface area contributed by atoms with Crippen molar-refractivity contribution >= 4 is 5.91 Å². The molecule has 0 saturated carbocycles. The summed E-state index contributed by atoms with van der Waals surface area (Å²) >= 11 is 0. The van der Waals surface area contributed by atoms with E-state index in [2.05, 4.69) is 10.3 Å². The highest BCUT2D eigenvalue weighted by Crippen LogP contribution is 2.19. The zero-order valence-corrected chi connectivity index (χ0v) is 11.4. The third-order valence-corrected chi connectivity index (χ3v) is 3.08. The second-order valence-corrected chi connectivity index (χ2v) is 5.01. The van der Waals surface area contributed by atoms with Crippen LogP contribution < -0.4 is 5.32 Å². The van der Waals surface area contributed by atoms with Gasteiger partial charge in [-0.1, -0.05) is 6.07 Å². The topological polar surface area (TPSA) is 65.8 Å². The third kappa shape index (κ3) is 3.01. The minimum absolute atomic E-state index is 0.205. The van der Waals surface area contributed by atoms with E-state index >= 15 is 0 Å². The van der Waals surface area contributed by atoms with E-state index in [9.17, 15) is 4.79 Å². The maximum Gasteiger partial charge on any atom is 0.251 e. The highest BCUT2D eigenvalue weighted by atomic mass is 16.1. The van der Waals surface area contributed by atoms with Crippen LogP contribution in [0.1, 0.15) is 35.3 Å². The van der Waals surface area contributed by atoms with Crippen molar-refractivity contribution in [3.8, 4) is 6.07 Å². The molecule has 4 heteroatoms. The highest BCUT2D eigenvalue weighted by Gasteiger charge is 2.23. The Kier molecular flexibility index (Phi) is 3.81. The molecule has 1 aromatic carbocycles. The van der Waals surface area contributed by atoms with Crippen LogP contribution in [0.15, 0.2) is 48.8 Å². The molecule has 0 aliphatic rings. The minimum atomic E-state index is -0.511. The van der Waals surface area contributed by atoms with E-state index in [1.54, 1.807) is 36.7 Å². The molecular weight excluding hydrogens is 250 g/mol. The molecule has 1 amide bonds. The zero-order chi connectivity index (χ0) is 14.6. The molecule has 0 aliphatic carbocycles. The van der Waals surface area contributed by atoms with Gasteiger partial charge >= 0.3 is 0 Å². The molecule has 1 aromatic heterocycles. The summed E-state index contributed by atoms with van der Waals surface area (Å²) < 4.78 is 0. The summed E-state index contributed by atoms with van der Waals surface area (Å²) in [6.45, 7) is 3.85. The molecule has 0 atom stereocenters. The smallest absolute Gasteiger partial charge is 0.251 e. The number of benzene rings is 1. The summed E-state index contributed by atoms with van der Waals surface area (Å²) in [4.78, 5) is 16.2. The maximum atomic E-state index is 12.3. The van der Waals surface area contributed by atoms with Crippen LogP contribution in [-0.2, 0) is 5.54 Å². The van der Waals surface area contributed by atoms with Gasteiger partial charge in [-0.15, -0.1) is 0 Å². The van der Waals surface area contributed by atoms with E-state index in [-0.39, 0.29) is 5.91 Å². The monoisotopic (exact) mass is 265 g/mol. The number of aromatic nitrogens is 1. The van der Waals surface area contributed by atoms with Crippen LogP contribution in [-0.4, -0.2) is 10.9 Å². The van der Waals surface area contributed by atoms with Gasteiger partial charge in [0.1, 0.15) is 0 Å². The predicted molar refractivity (Wildman–Crippen MR) is 75.9 cm³/mol. The third-order valence-electron chi connectivity index (χ3n) is 3.08. The van der Waals surface area contributed by atoms with Gasteiger partial charge in [0, 0.05) is 18.0 Å². The van der Waals surface area contributed by atoms with Gasteiger partial charge < -0.3 is 5.32 Å². The Balaban J connectivity index is 2.21. The largest absolute Gasteiger partial charge is 0.343 e. The molecule has 0 saturated heterocycles. The second-order valence-electron chi connectivity index (χ2n) is 5.01. The van der Waals surface area contributed by atoms with E-state index in [0.717, 1.165) is 5.56 Å². The van der Waals surface area contributed by atoms with Crippen LogP contribution in [0.3, 0.4) is 0 Å². The Bertz CT molecular complexity index is 657. The normalized spacial score (nSPS) is 10.7. The maximum absolute atomic E-state index is 12.3. The van der Waals surface area contributed by atoms with E-state index < -0.39 is 5.54 Å². The number of rotatable bonds is 3. The van der Waals surface area contributed by atoms with Gasteiger partial charge in [0.2, 0.25) is 0 Å². The SMILES string of the molecule is CC(C)(NC(=O)c1cccc(C#N)c1)c1ccncc1. The van der Waals surface area contributed by atoms with Gasteiger partial charge in [0.15, 0.2) is 0 Å². The van der Waals surface area contributed by atoms with E-state index in [1.807, 2.05) is 32.0 Å². The molecule has 4 nitrogen and oxygen atoms in total. The molecule has 2 aromatic rings. The lowest BCUT2D eigenvalue weighted by molar-refractivity contribution is 0.0912. The van der Waals surface area contributed by atoms with Crippen LogP contribution >= 0.6 is 0 Å². The Hall–Kier alpha value is -2.67. The lowest BCUT2D eigenvalue weighted by atomic mass is 9.95. The Morgan fingerprint density at radius 3 is 2.60 bits per heavy atom. The average molecular weight is 265 g/mol. The first-order chi connectivity index (χ1) is 9.53. The first-order valence-corrected chi connectivity index (χ1v) is 6.26. The molecule has 100 valence electrons. The fraction of sp³-hybridized carbons (Fsp3) is 0.188. The van der Waals surface area contributed by atoms with Crippen LogP contribution in [0.5, 0.6) is 0 Å². The van der Waals surface area contributed by atoms with Gasteiger partial charge in [-0.2, -0.15) is 5.26 Å². The van der Waals surface area contributed by atoms with Crippen molar-refractivity contribution in [2.75, 3.05) is 0 Å². The molecule has 20 heavy (non-hydrogen) atoms. The number of nitrogens with one attached hydrogen (secondary N) is 1. The fourth-order valence-corrected chi connectivity index (χ4v) is 1.93. The summed E-state index contributed by atoms with van der Waals surface area (Å²) in [6, 6.07) is 12.4. The van der Waals surface area contributed by atoms with Gasteiger partial charge in [-0.25, -0.2) is 0 Å². The lowest BCUT2D eigenvalue weighted by Crippen LogP contribution is -2.41. The second kappa shape index (κ2) is 5.54. The average Bonchev–Trinajstić information content (AvgIpc) is 2.48. The molecule has 0 spiro atoms. The Morgan fingerprint density at radius 1 is 1.25 bits per heavy atom. The summed E-state index contributed by atoms with van der Waals surface area (Å²) in [6.07, 6.45) is 3.39. The number of carbonyl (C=O) groups is 1. The highest BCUT2D eigenvalue weighted by molar-refractivity contribution is 5.95. The quantitative estimate of drug-likeness (QED) is 0.927. The number of amides is 1. The summed E-state index contributed by atoms with van der Waals surface area (Å²) in [5.41, 5.74) is 1.41. The molecule has 0 fully saturated rings. The van der Waals surface area contributed by atoms with Crippen LogP contribution in [0.2, 0.25) is 0 Å². The van der Waals surface area contributed by atoms with Gasteiger partial charge in [0.25, 0.3) is 5.91 Å². The number of nitriles is 1. The van der Waals surface area contributed by atoms with Crippen LogP contribution in [0.25, 0.3) is 0 Å². The van der Waals surface area contributed by atoms with E-state index in [4.69, 9.17) is 5.26 Å². The summed E-state index contributed by atoms with van der Waals surface area (Å²) in [7, 11) is 0. The van der Waals surface area contributed by atoms with Gasteiger partial charge in [0.05, 0.1) is 17.2 Å². The standard InChI is InChI=1S/C16H15N3O/c1-16(2,14-6-8-18-9-7-14)19-15(20)13-5-3-4-12(10-13)11-17/h3-10H,1-2H3,(H,19,20). The number of pyridine rings is 1. The minimum Gasteiger partial charge on any atom is -0.343 e. The summed E-state index contributed by atoms with van der Waals surface area (Å²) in [5.74, 6) is -0.205. The van der Waals surface area contributed by atoms with Gasteiger partial charge in [-0.05, 0) is 49.7 Å². The lowest BCUT2D eigenvalue weighted by Gasteiger charge is -2.26. The van der Waals surface area contributed by atoms with Crippen molar-refractivity contribution in [1.82, 2.24) is 10.3 Å². The predicted octanol–water partition coefficient (Wildman–Crippen LogP) is 2.62.